The summed E-state index contributed by atoms with van der Waals surface area (Å²) in [4.78, 5) is 0. The van der Waals surface area contributed by atoms with E-state index in [0.717, 1.165) is 4.47 Å². The number of hydrogen-bond acceptors (Lipinski definition) is 1. The maximum Gasteiger partial charge on any atom is 0.136 e. The van der Waals surface area contributed by atoms with Crippen molar-refractivity contribution in [1.82, 2.24) is 0 Å². The maximum absolute atomic E-state index is 12.8. The zero-order valence-electron chi connectivity index (χ0n) is 7.34. The van der Waals surface area contributed by atoms with Crippen LogP contribution in [0.3, 0.4) is 0 Å². The van der Waals surface area contributed by atoms with Gasteiger partial charge in [-0.05, 0) is 28.1 Å². The van der Waals surface area contributed by atoms with Gasteiger partial charge in [-0.1, -0.05) is 12.2 Å². The van der Waals surface area contributed by atoms with E-state index in [1.165, 1.54) is 12.1 Å². The van der Waals surface area contributed by atoms with Gasteiger partial charge in [0.1, 0.15) is 18.2 Å². The Bertz CT molecular complexity index is 328. The minimum atomic E-state index is -0.315. The average Bonchev–Trinajstić information content (AvgIpc) is 2.18. The van der Waals surface area contributed by atoms with E-state index in [1.54, 1.807) is 18.2 Å². The minimum Gasteiger partial charge on any atom is -0.488 e. The van der Waals surface area contributed by atoms with Crippen LogP contribution in [0, 0.1) is 5.82 Å². The summed E-state index contributed by atoms with van der Waals surface area (Å²) in [5.74, 6) is 0.627. The van der Waals surface area contributed by atoms with E-state index < -0.39 is 0 Å². The van der Waals surface area contributed by atoms with Crippen molar-refractivity contribution in [3.63, 3.8) is 0 Å². The molecule has 0 N–H and O–H groups in total. The zero-order valence-corrected chi connectivity index (χ0v) is 9.69. The van der Waals surface area contributed by atoms with Gasteiger partial charge in [-0.15, -0.1) is 11.6 Å². The van der Waals surface area contributed by atoms with Gasteiger partial charge in [-0.25, -0.2) is 4.39 Å². The first-order chi connectivity index (χ1) is 6.74. The largest absolute Gasteiger partial charge is 0.488 e. The highest BCUT2D eigenvalue weighted by Gasteiger charge is 2.01. The average molecular weight is 280 g/mol. The van der Waals surface area contributed by atoms with Gasteiger partial charge in [0.05, 0.1) is 4.47 Å². The molecule has 14 heavy (non-hydrogen) atoms. The number of allylic oxidation sites excluding steroid dienone is 1. The van der Waals surface area contributed by atoms with Crippen LogP contribution in [0.15, 0.2) is 34.8 Å². The van der Waals surface area contributed by atoms with Crippen LogP contribution >= 0.6 is 27.5 Å². The van der Waals surface area contributed by atoms with Crippen molar-refractivity contribution in [2.24, 2.45) is 0 Å². The molecule has 0 aliphatic carbocycles. The normalized spacial score (nSPS) is 10.8. The van der Waals surface area contributed by atoms with Gasteiger partial charge in [-0.3, -0.25) is 0 Å². The molecule has 0 atom stereocenters. The van der Waals surface area contributed by atoms with Crippen molar-refractivity contribution in [2.45, 2.75) is 0 Å². The van der Waals surface area contributed by atoms with Crippen LogP contribution in [0.4, 0.5) is 4.39 Å². The molecule has 0 fully saturated rings. The molecule has 4 heteroatoms. The van der Waals surface area contributed by atoms with Gasteiger partial charge < -0.3 is 4.74 Å². The molecule has 0 saturated heterocycles. The van der Waals surface area contributed by atoms with Crippen molar-refractivity contribution in [1.29, 1.82) is 0 Å². The fraction of sp³-hybridized carbons (Fsp3) is 0.200. The van der Waals surface area contributed by atoms with Crippen LogP contribution in [0.25, 0.3) is 0 Å². The van der Waals surface area contributed by atoms with Gasteiger partial charge in [0.25, 0.3) is 0 Å². The zero-order chi connectivity index (χ0) is 10.4. The van der Waals surface area contributed by atoms with E-state index in [9.17, 15) is 4.39 Å². The first-order valence-electron chi connectivity index (χ1n) is 4.03. The lowest BCUT2D eigenvalue weighted by Crippen LogP contribution is -1.94. The molecule has 0 heterocycles. The fourth-order valence-electron chi connectivity index (χ4n) is 0.857. The second-order valence-electron chi connectivity index (χ2n) is 2.51. The molecular formula is C10H9BrClFO. The monoisotopic (exact) mass is 278 g/mol. The van der Waals surface area contributed by atoms with E-state index >= 15 is 0 Å². The Hall–Kier alpha value is -0.540. The van der Waals surface area contributed by atoms with E-state index in [-0.39, 0.29) is 5.82 Å². The molecule has 0 aromatic heterocycles. The summed E-state index contributed by atoms with van der Waals surface area (Å²) in [6.45, 7) is 0.384. The Kier molecular flexibility index (Phi) is 4.98. The van der Waals surface area contributed by atoms with Crippen LogP contribution in [0.5, 0.6) is 5.75 Å². The third-order valence-electron chi connectivity index (χ3n) is 1.48. The van der Waals surface area contributed by atoms with Gasteiger partial charge in [0, 0.05) is 11.9 Å². The molecule has 0 radical (unpaired) electrons. The number of rotatable bonds is 4. The number of alkyl halides is 1. The van der Waals surface area contributed by atoms with Crippen LogP contribution in [-0.2, 0) is 0 Å². The lowest BCUT2D eigenvalue weighted by molar-refractivity contribution is 0.358. The molecule has 0 aliphatic rings. The highest BCUT2D eigenvalue weighted by molar-refractivity contribution is 9.10. The standard InChI is InChI=1S/C10H9BrClFO/c11-9-4-3-8(13)7-10(9)14-6-2-1-5-12/h1-4,7H,5-6H2/b2-1+. The molecule has 0 saturated carbocycles. The summed E-state index contributed by atoms with van der Waals surface area (Å²) >= 11 is 8.69. The maximum atomic E-state index is 12.8. The molecule has 0 spiro atoms. The lowest BCUT2D eigenvalue weighted by Gasteiger charge is -2.05. The summed E-state index contributed by atoms with van der Waals surface area (Å²) in [6.07, 6.45) is 3.55. The Morgan fingerprint density at radius 1 is 1.43 bits per heavy atom. The minimum absolute atomic E-state index is 0.315. The van der Waals surface area contributed by atoms with Crippen molar-refractivity contribution in [2.75, 3.05) is 12.5 Å². The molecule has 1 rings (SSSR count). The summed E-state index contributed by atoms with van der Waals surface area (Å²) in [6, 6.07) is 4.31. The van der Waals surface area contributed by atoms with Crippen LogP contribution < -0.4 is 4.74 Å². The van der Waals surface area contributed by atoms with Crippen molar-refractivity contribution in [3.05, 3.63) is 40.6 Å². The molecule has 0 unspecified atom stereocenters. The SMILES string of the molecule is Fc1ccc(Br)c(OC/C=C/CCl)c1. The molecule has 0 amide bonds. The summed E-state index contributed by atoms with van der Waals surface area (Å²) in [5, 5.41) is 0. The van der Waals surface area contributed by atoms with Crippen molar-refractivity contribution >= 4 is 27.5 Å². The molecule has 0 aliphatic heterocycles. The molecule has 76 valence electrons. The van der Waals surface area contributed by atoms with E-state index in [2.05, 4.69) is 15.9 Å². The van der Waals surface area contributed by atoms with Crippen molar-refractivity contribution < 1.29 is 9.13 Å². The number of benzene rings is 1. The predicted molar refractivity (Wildman–Crippen MR) is 59.5 cm³/mol. The fourth-order valence-corrected chi connectivity index (χ4v) is 1.34. The summed E-state index contributed by atoms with van der Waals surface area (Å²) in [7, 11) is 0. The smallest absolute Gasteiger partial charge is 0.136 e. The van der Waals surface area contributed by atoms with Gasteiger partial charge in [0.15, 0.2) is 0 Å². The molecule has 1 aromatic carbocycles. The highest BCUT2D eigenvalue weighted by atomic mass is 79.9. The molecule has 0 bridgehead atoms. The van der Waals surface area contributed by atoms with Gasteiger partial charge in [-0.2, -0.15) is 0 Å². The number of halogens is 3. The Labute approximate surface area is 95.7 Å². The number of ether oxygens (including phenoxy) is 1. The first-order valence-corrected chi connectivity index (χ1v) is 5.35. The van der Waals surface area contributed by atoms with Crippen LogP contribution in [0.1, 0.15) is 0 Å². The Morgan fingerprint density at radius 3 is 2.93 bits per heavy atom. The topological polar surface area (TPSA) is 9.23 Å². The third kappa shape index (κ3) is 3.68. The lowest BCUT2D eigenvalue weighted by atomic mass is 10.3. The van der Waals surface area contributed by atoms with E-state index in [0.29, 0.717) is 18.2 Å². The second-order valence-corrected chi connectivity index (χ2v) is 3.67. The van der Waals surface area contributed by atoms with E-state index in [1.807, 2.05) is 0 Å². The van der Waals surface area contributed by atoms with Crippen LogP contribution in [-0.4, -0.2) is 12.5 Å². The first kappa shape index (κ1) is 11.5. The van der Waals surface area contributed by atoms with Gasteiger partial charge in [0.2, 0.25) is 0 Å². The number of hydrogen-bond donors (Lipinski definition) is 0. The predicted octanol–water partition coefficient (Wildman–Crippen LogP) is 3.76. The van der Waals surface area contributed by atoms with Crippen LogP contribution in [0.2, 0.25) is 0 Å². The summed E-state index contributed by atoms with van der Waals surface area (Å²) in [5.41, 5.74) is 0. The molecule has 1 nitrogen and oxygen atoms in total. The van der Waals surface area contributed by atoms with E-state index in [4.69, 9.17) is 16.3 Å². The molecular weight excluding hydrogens is 270 g/mol. The van der Waals surface area contributed by atoms with Gasteiger partial charge >= 0.3 is 0 Å². The Morgan fingerprint density at radius 2 is 2.21 bits per heavy atom. The summed E-state index contributed by atoms with van der Waals surface area (Å²) < 4.78 is 18.8. The van der Waals surface area contributed by atoms with Crippen molar-refractivity contribution in [3.8, 4) is 5.75 Å². The quantitative estimate of drug-likeness (QED) is 0.602. The second kappa shape index (κ2) is 6.04. The molecule has 1 aromatic rings. The third-order valence-corrected chi connectivity index (χ3v) is 2.32. The highest BCUT2D eigenvalue weighted by Crippen LogP contribution is 2.25. The Balaban J connectivity index is 2.57.